The third-order valence-corrected chi connectivity index (χ3v) is 5.64. The van der Waals surface area contributed by atoms with Crippen LogP contribution in [0, 0.1) is 6.92 Å². The molecule has 2 aromatic heterocycles. The van der Waals surface area contributed by atoms with Crippen molar-refractivity contribution >= 4 is 11.7 Å². The van der Waals surface area contributed by atoms with Crippen LogP contribution in [0.15, 0.2) is 18.3 Å². The normalized spacial score (nSPS) is 24.4. The predicted octanol–water partition coefficient (Wildman–Crippen LogP) is 3.45. The summed E-state index contributed by atoms with van der Waals surface area (Å²) in [5.74, 6) is 0.340. The first-order valence-corrected chi connectivity index (χ1v) is 9.94. The fourth-order valence-corrected chi connectivity index (χ4v) is 4.25. The molecule has 0 radical (unpaired) electrons. The quantitative estimate of drug-likeness (QED) is 0.838. The number of nitrogens with one attached hydrogen (secondary N) is 1. The zero-order valence-electron chi connectivity index (χ0n) is 16.5. The van der Waals surface area contributed by atoms with Gasteiger partial charge in [-0.1, -0.05) is 0 Å². The lowest BCUT2D eigenvalue weighted by atomic mass is 10.1. The van der Waals surface area contributed by atoms with Crippen molar-refractivity contribution in [2.45, 2.75) is 70.4 Å². The lowest BCUT2D eigenvalue weighted by Crippen LogP contribution is -2.38. The van der Waals surface area contributed by atoms with Crippen molar-refractivity contribution in [3.8, 4) is 0 Å². The van der Waals surface area contributed by atoms with E-state index in [0.717, 1.165) is 16.8 Å². The average molecular weight is 410 g/mol. The number of fused-ring (bicyclic) bond motifs is 1. The number of carbonyl (C=O) groups is 1. The van der Waals surface area contributed by atoms with E-state index >= 15 is 0 Å². The molecule has 1 fully saturated rings. The first kappa shape index (κ1) is 19.8. The zero-order chi connectivity index (χ0) is 20.8. The highest BCUT2D eigenvalue weighted by Crippen LogP contribution is 2.41. The largest absolute Gasteiger partial charge is 0.410 e. The molecule has 2 aliphatic heterocycles. The fraction of sp³-hybridized carbons (Fsp3) is 0.632. The van der Waals surface area contributed by atoms with E-state index in [1.807, 2.05) is 19.2 Å². The third kappa shape index (κ3) is 3.97. The van der Waals surface area contributed by atoms with Crippen molar-refractivity contribution in [1.82, 2.24) is 24.5 Å². The number of likely N-dealkylation sites (tertiary alicyclic amines) is 1. The molecule has 10 heteroatoms. The van der Waals surface area contributed by atoms with Gasteiger partial charge in [0.25, 0.3) is 0 Å². The van der Waals surface area contributed by atoms with E-state index < -0.39 is 12.2 Å². The van der Waals surface area contributed by atoms with Crippen molar-refractivity contribution in [3.05, 3.63) is 29.7 Å². The molecule has 4 heterocycles. The van der Waals surface area contributed by atoms with Gasteiger partial charge < -0.3 is 10.2 Å². The molecule has 0 aromatic carbocycles. The first-order chi connectivity index (χ1) is 13.7. The van der Waals surface area contributed by atoms with Crippen LogP contribution in [-0.4, -0.2) is 49.1 Å². The second kappa shape index (κ2) is 7.38. The summed E-state index contributed by atoms with van der Waals surface area (Å²) in [7, 11) is 0. The molecule has 0 aliphatic carbocycles. The van der Waals surface area contributed by atoms with Crippen LogP contribution in [0.4, 0.5) is 19.0 Å². The number of rotatable bonds is 4. The number of carbonyl (C=O) groups excluding carboxylic acids is 1. The van der Waals surface area contributed by atoms with Crippen molar-refractivity contribution in [2.24, 2.45) is 0 Å². The molecule has 2 aliphatic rings. The van der Waals surface area contributed by atoms with Gasteiger partial charge in [0.15, 0.2) is 6.04 Å². The maximum atomic E-state index is 13.5. The van der Waals surface area contributed by atoms with Gasteiger partial charge in [-0.2, -0.15) is 23.4 Å². The van der Waals surface area contributed by atoms with E-state index in [2.05, 4.69) is 15.5 Å². The van der Waals surface area contributed by atoms with Gasteiger partial charge in [-0.05, 0) is 39.2 Å². The lowest BCUT2D eigenvalue weighted by molar-refractivity contribution is -0.173. The highest BCUT2D eigenvalue weighted by Gasteiger charge is 2.46. The zero-order valence-corrected chi connectivity index (χ0v) is 16.5. The monoisotopic (exact) mass is 410 g/mol. The standard InChI is InChI=1S/C19H25F3N6O/c1-12-5-8-26(24-12)9-6-18(29)27-7-3-4-15(27)14-11-17-23-13(2)10-16(19(20,21)22)28(17)25-14/h5,8,11,13,15-16,23H,3-4,6-7,9-10H2,1-2H3/t13-,15?,16-/m1/s1. The van der Waals surface area contributed by atoms with E-state index in [-0.39, 0.29) is 24.4 Å². The number of aromatic nitrogens is 4. The second-order valence-electron chi connectivity index (χ2n) is 7.95. The van der Waals surface area contributed by atoms with Crippen LogP contribution in [-0.2, 0) is 11.3 Å². The first-order valence-electron chi connectivity index (χ1n) is 9.94. The van der Waals surface area contributed by atoms with Gasteiger partial charge in [-0.25, -0.2) is 4.68 Å². The van der Waals surface area contributed by atoms with E-state index in [1.54, 1.807) is 22.6 Å². The third-order valence-electron chi connectivity index (χ3n) is 5.64. The Labute approximate surface area is 166 Å². The summed E-state index contributed by atoms with van der Waals surface area (Å²) in [6.07, 6.45) is -0.777. The minimum atomic E-state index is -4.36. The molecule has 1 unspecified atom stereocenters. The smallest absolute Gasteiger partial charge is 0.368 e. The Bertz CT molecular complexity index is 889. The van der Waals surface area contributed by atoms with Crippen LogP contribution in [0.25, 0.3) is 0 Å². The van der Waals surface area contributed by atoms with Crippen molar-refractivity contribution < 1.29 is 18.0 Å². The Balaban J connectivity index is 1.51. The fourth-order valence-electron chi connectivity index (χ4n) is 4.25. The summed E-state index contributed by atoms with van der Waals surface area (Å²) in [6.45, 7) is 4.69. The molecule has 0 bridgehead atoms. The van der Waals surface area contributed by atoms with Crippen molar-refractivity contribution in [1.29, 1.82) is 0 Å². The van der Waals surface area contributed by atoms with Gasteiger partial charge in [-0.3, -0.25) is 9.48 Å². The second-order valence-corrected chi connectivity index (χ2v) is 7.95. The molecular formula is C19H25F3N6O. The van der Waals surface area contributed by atoms with Gasteiger partial charge in [0, 0.05) is 37.8 Å². The Morgan fingerprint density at radius 3 is 2.83 bits per heavy atom. The van der Waals surface area contributed by atoms with Crippen LogP contribution in [0.1, 0.15) is 56.1 Å². The Morgan fingerprint density at radius 2 is 2.14 bits per heavy atom. The molecule has 1 N–H and O–H groups in total. The number of anilines is 1. The maximum Gasteiger partial charge on any atom is 0.410 e. The molecule has 0 spiro atoms. The summed E-state index contributed by atoms with van der Waals surface area (Å²) in [5, 5.41) is 11.7. The molecule has 1 saturated heterocycles. The molecular weight excluding hydrogens is 385 g/mol. The summed E-state index contributed by atoms with van der Waals surface area (Å²) in [6, 6.07) is 1.32. The Morgan fingerprint density at radius 1 is 1.34 bits per heavy atom. The SMILES string of the molecule is Cc1ccn(CCC(=O)N2CCCC2c2cc3n(n2)[C@@H](C(F)(F)F)C[C@@H](C)N3)n1. The molecule has 3 atom stereocenters. The van der Waals surface area contributed by atoms with Crippen LogP contribution in [0.3, 0.4) is 0 Å². The van der Waals surface area contributed by atoms with Crippen molar-refractivity contribution in [3.63, 3.8) is 0 Å². The van der Waals surface area contributed by atoms with Gasteiger partial charge >= 0.3 is 6.18 Å². The van der Waals surface area contributed by atoms with Gasteiger partial charge in [0.05, 0.1) is 17.4 Å². The van der Waals surface area contributed by atoms with Gasteiger partial charge in [-0.15, -0.1) is 0 Å². The molecule has 1 amide bonds. The number of amides is 1. The highest BCUT2D eigenvalue weighted by molar-refractivity contribution is 5.77. The van der Waals surface area contributed by atoms with Crippen LogP contribution in [0.2, 0.25) is 0 Å². The highest BCUT2D eigenvalue weighted by atomic mass is 19.4. The average Bonchev–Trinajstić information content (AvgIpc) is 3.36. The van der Waals surface area contributed by atoms with E-state index in [4.69, 9.17) is 0 Å². The molecule has 2 aromatic rings. The lowest BCUT2D eigenvalue weighted by Gasteiger charge is -2.31. The van der Waals surface area contributed by atoms with E-state index in [9.17, 15) is 18.0 Å². The molecule has 158 valence electrons. The summed E-state index contributed by atoms with van der Waals surface area (Å²) >= 11 is 0. The number of halogens is 3. The molecule has 29 heavy (non-hydrogen) atoms. The maximum absolute atomic E-state index is 13.5. The number of nitrogens with zero attached hydrogens (tertiary/aromatic N) is 5. The summed E-state index contributed by atoms with van der Waals surface area (Å²) in [5.41, 5.74) is 1.41. The Hall–Kier alpha value is -2.52. The minimum absolute atomic E-state index is 0.0275. The molecule has 0 saturated carbocycles. The van der Waals surface area contributed by atoms with E-state index in [1.165, 1.54) is 0 Å². The van der Waals surface area contributed by atoms with Crippen molar-refractivity contribution in [2.75, 3.05) is 11.9 Å². The van der Waals surface area contributed by atoms with E-state index in [0.29, 0.717) is 37.4 Å². The molecule has 4 rings (SSSR count). The number of aryl methyl sites for hydroxylation is 2. The van der Waals surface area contributed by atoms with Crippen LogP contribution >= 0.6 is 0 Å². The van der Waals surface area contributed by atoms with Gasteiger partial charge in [0.1, 0.15) is 5.82 Å². The minimum Gasteiger partial charge on any atom is -0.368 e. The van der Waals surface area contributed by atoms with Crippen LogP contribution in [0.5, 0.6) is 0 Å². The molecule has 7 nitrogen and oxygen atoms in total. The number of hydrogen-bond acceptors (Lipinski definition) is 4. The number of alkyl halides is 3. The summed E-state index contributed by atoms with van der Waals surface area (Å²) in [4.78, 5) is 14.5. The number of hydrogen-bond donors (Lipinski definition) is 1. The summed E-state index contributed by atoms with van der Waals surface area (Å²) < 4.78 is 43.2. The van der Waals surface area contributed by atoms with Gasteiger partial charge in [0.2, 0.25) is 5.91 Å². The Kier molecular flexibility index (Phi) is 5.04. The van der Waals surface area contributed by atoms with Crippen LogP contribution < -0.4 is 5.32 Å². The topological polar surface area (TPSA) is 68.0 Å². The predicted molar refractivity (Wildman–Crippen MR) is 100 cm³/mol.